The number of imide groups is 1. The lowest BCUT2D eigenvalue weighted by atomic mass is 10.1. The predicted octanol–water partition coefficient (Wildman–Crippen LogP) is 4.53. The SMILES string of the molecule is CCCCOC(=O)CN1C(=O)S/C(=C/c2ccc(-c3ccc(C(C)=O)cc3)o2)C1=O. The van der Waals surface area contributed by atoms with Crippen LogP contribution < -0.4 is 0 Å². The van der Waals surface area contributed by atoms with Gasteiger partial charge in [0.05, 0.1) is 11.5 Å². The fourth-order valence-electron chi connectivity index (χ4n) is 2.73. The molecule has 30 heavy (non-hydrogen) atoms. The number of ketones is 1. The molecule has 1 aromatic carbocycles. The van der Waals surface area contributed by atoms with Crippen molar-refractivity contribution < 1.29 is 28.3 Å². The molecule has 0 radical (unpaired) electrons. The number of unbranched alkanes of at least 4 members (excludes halogenated alkanes) is 1. The Hall–Kier alpha value is -3.13. The molecule has 8 heteroatoms. The third-order valence-electron chi connectivity index (χ3n) is 4.40. The highest BCUT2D eigenvalue weighted by Crippen LogP contribution is 2.33. The maximum absolute atomic E-state index is 12.5. The molecule has 0 aliphatic carbocycles. The normalized spacial score (nSPS) is 15.1. The number of carbonyl (C=O) groups is 4. The van der Waals surface area contributed by atoms with Gasteiger partial charge >= 0.3 is 5.97 Å². The van der Waals surface area contributed by atoms with Gasteiger partial charge < -0.3 is 9.15 Å². The minimum Gasteiger partial charge on any atom is -0.464 e. The van der Waals surface area contributed by atoms with E-state index in [1.807, 2.05) is 6.92 Å². The molecule has 156 valence electrons. The highest BCUT2D eigenvalue weighted by molar-refractivity contribution is 8.18. The van der Waals surface area contributed by atoms with Crippen molar-refractivity contribution in [2.45, 2.75) is 26.7 Å². The van der Waals surface area contributed by atoms with Gasteiger partial charge in [-0.3, -0.25) is 24.1 Å². The number of Topliss-reactive ketones (excluding diaryl/α,β-unsaturated/α-hetero) is 1. The summed E-state index contributed by atoms with van der Waals surface area (Å²) in [6.07, 6.45) is 3.08. The molecule has 1 aliphatic rings. The van der Waals surface area contributed by atoms with Crippen molar-refractivity contribution in [3.63, 3.8) is 0 Å². The largest absolute Gasteiger partial charge is 0.464 e. The van der Waals surface area contributed by atoms with Gasteiger partial charge in [-0.1, -0.05) is 37.6 Å². The van der Waals surface area contributed by atoms with E-state index in [2.05, 4.69) is 0 Å². The Morgan fingerprint density at radius 1 is 1.13 bits per heavy atom. The maximum atomic E-state index is 12.5. The van der Waals surface area contributed by atoms with Crippen molar-refractivity contribution in [2.75, 3.05) is 13.2 Å². The van der Waals surface area contributed by atoms with E-state index in [0.717, 1.165) is 35.1 Å². The van der Waals surface area contributed by atoms with E-state index in [1.54, 1.807) is 36.4 Å². The smallest absolute Gasteiger partial charge is 0.326 e. The van der Waals surface area contributed by atoms with Crippen LogP contribution in [0.25, 0.3) is 17.4 Å². The van der Waals surface area contributed by atoms with Crippen LogP contribution >= 0.6 is 11.8 Å². The number of ether oxygens (including phenoxy) is 1. The molecule has 1 fully saturated rings. The number of amides is 2. The monoisotopic (exact) mass is 427 g/mol. The Bertz CT molecular complexity index is 1000. The number of hydrogen-bond acceptors (Lipinski definition) is 7. The third-order valence-corrected chi connectivity index (χ3v) is 5.31. The molecule has 0 bridgehead atoms. The molecule has 0 spiro atoms. The zero-order valence-electron chi connectivity index (χ0n) is 16.7. The zero-order valence-corrected chi connectivity index (χ0v) is 17.5. The summed E-state index contributed by atoms with van der Waals surface area (Å²) in [4.78, 5) is 48.9. The van der Waals surface area contributed by atoms with Crippen molar-refractivity contribution in [3.05, 3.63) is 52.6 Å². The summed E-state index contributed by atoms with van der Waals surface area (Å²) >= 11 is 0.750. The molecule has 1 aromatic heterocycles. The van der Waals surface area contributed by atoms with E-state index in [4.69, 9.17) is 9.15 Å². The second-order valence-corrected chi connectivity index (χ2v) is 7.67. The van der Waals surface area contributed by atoms with Crippen molar-refractivity contribution in [3.8, 4) is 11.3 Å². The second kappa shape index (κ2) is 9.58. The molecule has 7 nitrogen and oxygen atoms in total. The third kappa shape index (κ3) is 5.07. The highest BCUT2D eigenvalue weighted by atomic mass is 32.2. The van der Waals surface area contributed by atoms with Crippen LogP contribution in [-0.2, 0) is 14.3 Å². The van der Waals surface area contributed by atoms with Gasteiger partial charge in [0.15, 0.2) is 5.78 Å². The van der Waals surface area contributed by atoms with Crippen molar-refractivity contribution in [1.29, 1.82) is 0 Å². The number of hydrogen-bond donors (Lipinski definition) is 0. The Labute approximate surface area is 178 Å². The summed E-state index contributed by atoms with van der Waals surface area (Å²) in [6, 6.07) is 10.4. The Kier molecular flexibility index (Phi) is 6.89. The summed E-state index contributed by atoms with van der Waals surface area (Å²) in [5.41, 5.74) is 1.38. The van der Waals surface area contributed by atoms with Gasteiger partial charge in [0.1, 0.15) is 18.1 Å². The van der Waals surface area contributed by atoms with E-state index in [-0.39, 0.29) is 17.3 Å². The van der Waals surface area contributed by atoms with Crippen LogP contribution in [-0.4, -0.2) is 41.0 Å². The summed E-state index contributed by atoms with van der Waals surface area (Å²) in [5, 5.41) is -0.523. The zero-order chi connectivity index (χ0) is 21.7. The van der Waals surface area contributed by atoms with Crippen LogP contribution in [0.3, 0.4) is 0 Å². The van der Waals surface area contributed by atoms with Gasteiger partial charge in [-0.2, -0.15) is 0 Å². The number of esters is 1. The van der Waals surface area contributed by atoms with Crippen LogP contribution in [0, 0.1) is 0 Å². The number of furan rings is 1. The van der Waals surface area contributed by atoms with Gasteiger partial charge in [0.2, 0.25) is 0 Å². The van der Waals surface area contributed by atoms with E-state index < -0.39 is 23.7 Å². The molecule has 0 N–H and O–H groups in total. The van der Waals surface area contributed by atoms with Crippen LogP contribution in [0.2, 0.25) is 0 Å². The van der Waals surface area contributed by atoms with Gasteiger partial charge in [-0.15, -0.1) is 0 Å². The first kappa shape index (κ1) is 21.6. The molecule has 3 rings (SSSR count). The van der Waals surface area contributed by atoms with Gasteiger partial charge in [-0.05, 0) is 37.2 Å². The Morgan fingerprint density at radius 3 is 2.53 bits per heavy atom. The first-order valence-electron chi connectivity index (χ1n) is 9.51. The van der Waals surface area contributed by atoms with E-state index in [1.165, 1.54) is 13.0 Å². The Balaban J connectivity index is 1.68. The van der Waals surface area contributed by atoms with E-state index in [9.17, 15) is 19.2 Å². The highest BCUT2D eigenvalue weighted by Gasteiger charge is 2.36. The number of carbonyl (C=O) groups excluding carboxylic acids is 4. The predicted molar refractivity (Wildman–Crippen MR) is 113 cm³/mol. The lowest BCUT2D eigenvalue weighted by molar-refractivity contribution is -0.146. The van der Waals surface area contributed by atoms with Gasteiger partial charge in [-0.25, -0.2) is 0 Å². The fourth-order valence-corrected chi connectivity index (χ4v) is 3.54. The number of thioether (sulfide) groups is 1. The summed E-state index contributed by atoms with van der Waals surface area (Å²) in [7, 11) is 0. The van der Waals surface area contributed by atoms with Gasteiger partial charge in [0, 0.05) is 17.2 Å². The lowest BCUT2D eigenvalue weighted by Gasteiger charge is -2.11. The van der Waals surface area contributed by atoms with Crippen molar-refractivity contribution >= 4 is 40.7 Å². The molecule has 1 saturated heterocycles. The Morgan fingerprint density at radius 2 is 1.87 bits per heavy atom. The quantitative estimate of drug-likeness (QED) is 0.264. The van der Waals surface area contributed by atoms with Crippen molar-refractivity contribution in [2.24, 2.45) is 0 Å². The van der Waals surface area contributed by atoms with Crippen LogP contribution in [0.5, 0.6) is 0 Å². The lowest BCUT2D eigenvalue weighted by Crippen LogP contribution is -2.34. The topological polar surface area (TPSA) is 93.9 Å². The van der Waals surface area contributed by atoms with Crippen LogP contribution in [0.1, 0.15) is 42.8 Å². The number of nitrogens with zero attached hydrogens (tertiary/aromatic N) is 1. The molecule has 2 aromatic rings. The molecular formula is C22H21NO6S. The van der Waals surface area contributed by atoms with Crippen molar-refractivity contribution in [1.82, 2.24) is 4.90 Å². The summed E-state index contributed by atoms with van der Waals surface area (Å²) in [6.45, 7) is 3.33. The van der Waals surface area contributed by atoms with E-state index >= 15 is 0 Å². The number of benzene rings is 1. The first-order valence-corrected chi connectivity index (χ1v) is 10.3. The minimum absolute atomic E-state index is 0.0216. The van der Waals surface area contributed by atoms with Crippen LogP contribution in [0.4, 0.5) is 4.79 Å². The standard InChI is InChI=1S/C22H21NO6S/c1-3-4-11-28-20(25)13-23-21(26)19(30-22(23)27)12-17-9-10-18(29-17)16-7-5-15(6-8-16)14(2)24/h5-10,12H,3-4,11,13H2,1-2H3/b19-12+. The van der Waals surface area contributed by atoms with Crippen LogP contribution in [0.15, 0.2) is 45.7 Å². The molecule has 0 atom stereocenters. The molecule has 0 unspecified atom stereocenters. The average Bonchev–Trinajstić information content (AvgIpc) is 3.29. The van der Waals surface area contributed by atoms with E-state index in [0.29, 0.717) is 17.1 Å². The first-order chi connectivity index (χ1) is 14.4. The average molecular weight is 427 g/mol. The minimum atomic E-state index is -0.610. The molecular weight excluding hydrogens is 406 g/mol. The van der Waals surface area contributed by atoms with Gasteiger partial charge in [0.25, 0.3) is 11.1 Å². The number of rotatable bonds is 8. The summed E-state index contributed by atoms with van der Waals surface area (Å²) in [5.74, 6) is -0.221. The molecule has 0 saturated carbocycles. The molecule has 1 aliphatic heterocycles. The fraction of sp³-hybridized carbons (Fsp3) is 0.273. The maximum Gasteiger partial charge on any atom is 0.326 e. The summed E-state index contributed by atoms with van der Waals surface area (Å²) < 4.78 is 10.8. The second-order valence-electron chi connectivity index (χ2n) is 6.68. The molecule has 2 amide bonds. The molecule has 2 heterocycles.